The third kappa shape index (κ3) is 2.82. The van der Waals surface area contributed by atoms with Crippen LogP contribution in [0.25, 0.3) is 0 Å². The van der Waals surface area contributed by atoms with Gasteiger partial charge in [-0.2, -0.15) is 5.26 Å². The zero-order chi connectivity index (χ0) is 11.4. The first-order valence-electron chi connectivity index (χ1n) is 5.68. The first kappa shape index (κ1) is 11.6. The van der Waals surface area contributed by atoms with Gasteiger partial charge in [-0.25, -0.2) is 0 Å². The summed E-state index contributed by atoms with van der Waals surface area (Å²) in [5, 5.41) is 11.0. The van der Waals surface area contributed by atoms with Crippen molar-refractivity contribution in [2.75, 3.05) is 26.2 Å². The normalized spacial score (nSPS) is 20.5. The smallest absolute Gasteiger partial charge is 0.0950 e. The van der Waals surface area contributed by atoms with Crippen molar-refractivity contribution in [3.05, 3.63) is 22.4 Å². The van der Waals surface area contributed by atoms with E-state index in [2.05, 4.69) is 33.4 Å². The Labute approximate surface area is 101 Å². The molecule has 0 aromatic carbocycles. The minimum Gasteiger partial charge on any atom is -0.296 e. The molecule has 0 radical (unpaired) electrons. The van der Waals surface area contributed by atoms with Crippen LogP contribution in [0, 0.1) is 11.3 Å². The van der Waals surface area contributed by atoms with E-state index >= 15 is 0 Å². The second-order valence-corrected chi connectivity index (χ2v) is 5.23. The first-order chi connectivity index (χ1) is 7.79. The minimum absolute atomic E-state index is 0.0592. The van der Waals surface area contributed by atoms with Crippen LogP contribution < -0.4 is 0 Å². The van der Waals surface area contributed by atoms with Crippen LogP contribution in [-0.4, -0.2) is 42.0 Å². The van der Waals surface area contributed by atoms with Crippen LogP contribution in [0.1, 0.15) is 11.8 Å². The van der Waals surface area contributed by atoms with Crippen LogP contribution in [0.3, 0.4) is 0 Å². The summed E-state index contributed by atoms with van der Waals surface area (Å²) in [7, 11) is 0. The summed E-state index contributed by atoms with van der Waals surface area (Å²) in [6, 6.07) is 6.66. The molecule has 1 unspecified atom stereocenters. The molecule has 86 valence electrons. The second-order valence-electron chi connectivity index (χ2n) is 4.20. The molecular weight excluding hydrogens is 218 g/mol. The average Bonchev–Trinajstić information content (AvgIpc) is 2.82. The summed E-state index contributed by atoms with van der Waals surface area (Å²) in [5.41, 5.74) is 0. The van der Waals surface area contributed by atoms with Crippen molar-refractivity contribution in [3.8, 4) is 6.07 Å². The van der Waals surface area contributed by atoms with Gasteiger partial charge in [0.1, 0.15) is 0 Å². The van der Waals surface area contributed by atoms with Crippen molar-refractivity contribution in [2.24, 2.45) is 0 Å². The van der Waals surface area contributed by atoms with Gasteiger partial charge in [0.15, 0.2) is 0 Å². The summed E-state index contributed by atoms with van der Waals surface area (Å²) in [6.07, 6.45) is 0. The molecule has 16 heavy (non-hydrogen) atoms. The molecule has 1 fully saturated rings. The predicted molar refractivity (Wildman–Crippen MR) is 66.2 cm³/mol. The van der Waals surface area contributed by atoms with E-state index in [1.807, 2.05) is 18.3 Å². The van der Waals surface area contributed by atoms with Gasteiger partial charge in [0, 0.05) is 37.6 Å². The maximum Gasteiger partial charge on any atom is 0.0950 e. The molecule has 1 saturated heterocycles. The average molecular weight is 235 g/mol. The molecule has 1 aliphatic rings. The fourth-order valence-electron chi connectivity index (χ4n) is 2.01. The topological polar surface area (TPSA) is 30.3 Å². The summed E-state index contributed by atoms with van der Waals surface area (Å²) in [4.78, 5) is 6.15. The Morgan fingerprint density at radius 1 is 1.44 bits per heavy atom. The van der Waals surface area contributed by atoms with Crippen molar-refractivity contribution in [3.63, 3.8) is 0 Å². The van der Waals surface area contributed by atoms with E-state index < -0.39 is 0 Å². The van der Waals surface area contributed by atoms with Crippen molar-refractivity contribution >= 4 is 11.3 Å². The van der Waals surface area contributed by atoms with Crippen LogP contribution >= 0.6 is 11.3 Å². The lowest BCUT2D eigenvalue weighted by atomic mass is 10.2. The Morgan fingerprint density at radius 3 is 2.75 bits per heavy atom. The number of rotatable bonds is 3. The molecule has 1 aliphatic heterocycles. The maximum atomic E-state index is 8.86. The van der Waals surface area contributed by atoms with Crippen LogP contribution in [-0.2, 0) is 6.54 Å². The van der Waals surface area contributed by atoms with E-state index in [-0.39, 0.29) is 6.04 Å². The summed E-state index contributed by atoms with van der Waals surface area (Å²) >= 11 is 1.82. The fraction of sp³-hybridized carbons (Fsp3) is 0.583. The minimum atomic E-state index is 0.0592. The van der Waals surface area contributed by atoms with Crippen molar-refractivity contribution < 1.29 is 0 Å². The summed E-state index contributed by atoms with van der Waals surface area (Å²) in [6.45, 7) is 7.22. The highest BCUT2D eigenvalue weighted by molar-refractivity contribution is 7.09. The third-order valence-corrected chi connectivity index (χ3v) is 3.96. The van der Waals surface area contributed by atoms with E-state index in [9.17, 15) is 0 Å². The van der Waals surface area contributed by atoms with Crippen LogP contribution in [0.2, 0.25) is 0 Å². The standard InChI is InChI=1S/C12H17N3S/c1-11(9-13)15-6-4-14(5-7-15)10-12-3-2-8-16-12/h2-3,8,11H,4-7,10H2,1H3. The molecule has 1 aromatic rings. The van der Waals surface area contributed by atoms with E-state index in [4.69, 9.17) is 5.26 Å². The van der Waals surface area contributed by atoms with E-state index in [1.165, 1.54) is 4.88 Å². The summed E-state index contributed by atoms with van der Waals surface area (Å²) in [5.74, 6) is 0. The molecule has 0 N–H and O–H groups in total. The Hall–Kier alpha value is -0.890. The van der Waals surface area contributed by atoms with Crippen LogP contribution in [0.5, 0.6) is 0 Å². The van der Waals surface area contributed by atoms with Gasteiger partial charge < -0.3 is 0 Å². The molecule has 0 saturated carbocycles. The van der Waals surface area contributed by atoms with Gasteiger partial charge >= 0.3 is 0 Å². The lowest BCUT2D eigenvalue weighted by Crippen LogP contribution is -2.48. The summed E-state index contributed by atoms with van der Waals surface area (Å²) < 4.78 is 0. The number of piperazine rings is 1. The molecule has 1 aromatic heterocycles. The van der Waals surface area contributed by atoms with E-state index in [0.29, 0.717) is 0 Å². The van der Waals surface area contributed by atoms with Gasteiger partial charge in [0.25, 0.3) is 0 Å². The Kier molecular flexibility index (Phi) is 3.94. The van der Waals surface area contributed by atoms with Crippen molar-refractivity contribution in [2.45, 2.75) is 19.5 Å². The predicted octanol–water partition coefficient (Wildman–Crippen LogP) is 1.78. The van der Waals surface area contributed by atoms with E-state index in [0.717, 1.165) is 32.7 Å². The number of hydrogen-bond acceptors (Lipinski definition) is 4. The first-order valence-corrected chi connectivity index (χ1v) is 6.56. The van der Waals surface area contributed by atoms with E-state index in [1.54, 1.807) is 0 Å². The van der Waals surface area contributed by atoms with Crippen molar-refractivity contribution in [1.29, 1.82) is 5.26 Å². The zero-order valence-electron chi connectivity index (χ0n) is 9.59. The molecule has 2 heterocycles. The van der Waals surface area contributed by atoms with Gasteiger partial charge in [0.2, 0.25) is 0 Å². The highest BCUT2D eigenvalue weighted by atomic mass is 32.1. The fourth-order valence-corrected chi connectivity index (χ4v) is 2.76. The lowest BCUT2D eigenvalue weighted by Gasteiger charge is -2.35. The molecule has 2 rings (SSSR count). The largest absolute Gasteiger partial charge is 0.296 e. The molecule has 4 heteroatoms. The molecule has 0 spiro atoms. The third-order valence-electron chi connectivity index (χ3n) is 3.10. The Balaban J connectivity index is 1.80. The Bertz CT molecular complexity index is 347. The highest BCUT2D eigenvalue weighted by Crippen LogP contribution is 2.14. The number of hydrogen-bond donors (Lipinski definition) is 0. The quantitative estimate of drug-likeness (QED) is 0.800. The molecule has 1 atom stereocenters. The molecule has 3 nitrogen and oxygen atoms in total. The molecule has 0 aliphatic carbocycles. The van der Waals surface area contributed by atoms with Crippen LogP contribution in [0.4, 0.5) is 0 Å². The van der Waals surface area contributed by atoms with Gasteiger partial charge in [-0.05, 0) is 18.4 Å². The SMILES string of the molecule is CC(C#N)N1CCN(Cc2cccs2)CC1. The van der Waals surface area contributed by atoms with Gasteiger partial charge in [-0.15, -0.1) is 11.3 Å². The number of nitriles is 1. The number of thiophene rings is 1. The second kappa shape index (κ2) is 5.44. The molecular formula is C12H17N3S. The number of nitrogens with zero attached hydrogens (tertiary/aromatic N) is 3. The lowest BCUT2D eigenvalue weighted by molar-refractivity contribution is 0.115. The zero-order valence-corrected chi connectivity index (χ0v) is 10.4. The Morgan fingerprint density at radius 2 is 2.19 bits per heavy atom. The maximum absolute atomic E-state index is 8.86. The van der Waals surface area contributed by atoms with Gasteiger partial charge in [-0.1, -0.05) is 6.07 Å². The van der Waals surface area contributed by atoms with Gasteiger partial charge in [0.05, 0.1) is 12.1 Å². The highest BCUT2D eigenvalue weighted by Gasteiger charge is 2.20. The van der Waals surface area contributed by atoms with Gasteiger partial charge in [-0.3, -0.25) is 9.80 Å². The van der Waals surface area contributed by atoms with Crippen LogP contribution in [0.15, 0.2) is 17.5 Å². The molecule has 0 bridgehead atoms. The monoisotopic (exact) mass is 235 g/mol. The van der Waals surface area contributed by atoms with Crippen molar-refractivity contribution in [1.82, 2.24) is 9.80 Å². The molecule has 0 amide bonds.